The molecule has 1 aliphatic heterocycles. The molecule has 1 atom stereocenters. The standard InChI is InChI=1S/C17H19NO6/c1-22-13-2-3-14-11(9-24-15(14)8-13)6-16(19)18-4-5-23-10-12(18)7-17(20)21/h2-3,8-9,12H,4-7,10H2,1H3,(H,20,21). The molecule has 1 saturated heterocycles. The van der Waals surface area contributed by atoms with Gasteiger partial charge in [0.1, 0.15) is 11.3 Å². The zero-order chi connectivity index (χ0) is 17.1. The molecule has 0 aliphatic carbocycles. The van der Waals surface area contributed by atoms with E-state index in [1.165, 1.54) is 0 Å². The topological polar surface area (TPSA) is 89.2 Å². The Bertz CT molecular complexity index is 753. The maximum absolute atomic E-state index is 12.6. The molecule has 24 heavy (non-hydrogen) atoms. The molecule has 7 nitrogen and oxygen atoms in total. The van der Waals surface area contributed by atoms with Crippen LogP contribution in [-0.2, 0) is 20.7 Å². The van der Waals surface area contributed by atoms with E-state index >= 15 is 0 Å². The number of morpholine rings is 1. The van der Waals surface area contributed by atoms with E-state index in [1.54, 1.807) is 24.3 Å². The van der Waals surface area contributed by atoms with Crippen LogP contribution in [0.3, 0.4) is 0 Å². The van der Waals surface area contributed by atoms with Crippen molar-refractivity contribution in [1.82, 2.24) is 4.90 Å². The smallest absolute Gasteiger partial charge is 0.305 e. The van der Waals surface area contributed by atoms with Crippen LogP contribution in [0.4, 0.5) is 0 Å². The second-order valence-corrected chi connectivity index (χ2v) is 5.71. The molecule has 0 bridgehead atoms. The number of rotatable bonds is 5. The molecule has 1 N–H and O–H groups in total. The molecule has 128 valence electrons. The van der Waals surface area contributed by atoms with Gasteiger partial charge in [0.2, 0.25) is 5.91 Å². The molecule has 1 aromatic carbocycles. The maximum atomic E-state index is 12.6. The van der Waals surface area contributed by atoms with Gasteiger partial charge >= 0.3 is 5.97 Å². The monoisotopic (exact) mass is 333 g/mol. The number of hydrogen-bond donors (Lipinski definition) is 1. The lowest BCUT2D eigenvalue weighted by Gasteiger charge is -2.34. The zero-order valence-electron chi connectivity index (χ0n) is 13.4. The van der Waals surface area contributed by atoms with Crippen LogP contribution in [0.25, 0.3) is 11.0 Å². The number of methoxy groups -OCH3 is 1. The number of ether oxygens (including phenoxy) is 2. The number of fused-ring (bicyclic) bond motifs is 1. The molecule has 1 unspecified atom stereocenters. The molecule has 7 heteroatoms. The van der Waals surface area contributed by atoms with Gasteiger partial charge in [-0.25, -0.2) is 0 Å². The minimum Gasteiger partial charge on any atom is -0.497 e. The van der Waals surface area contributed by atoms with Crippen molar-refractivity contribution < 1.29 is 28.6 Å². The van der Waals surface area contributed by atoms with Crippen LogP contribution in [0, 0.1) is 0 Å². The first-order valence-electron chi connectivity index (χ1n) is 7.71. The van der Waals surface area contributed by atoms with Gasteiger partial charge in [-0.05, 0) is 12.1 Å². The summed E-state index contributed by atoms with van der Waals surface area (Å²) >= 11 is 0. The lowest BCUT2D eigenvalue weighted by Crippen LogP contribution is -2.50. The highest BCUT2D eigenvalue weighted by atomic mass is 16.5. The number of carboxylic acid groups (broad SMARTS) is 1. The lowest BCUT2D eigenvalue weighted by molar-refractivity contribution is -0.145. The van der Waals surface area contributed by atoms with Crippen LogP contribution >= 0.6 is 0 Å². The average molecular weight is 333 g/mol. The van der Waals surface area contributed by atoms with E-state index in [4.69, 9.17) is 19.0 Å². The molecule has 0 radical (unpaired) electrons. The van der Waals surface area contributed by atoms with Crippen LogP contribution in [-0.4, -0.2) is 54.8 Å². The summed E-state index contributed by atoms with van der Waals surface area (Å²) in [5.74, 6) is -0.378. The predicted octanol–water partition coefficient (Wildman–Crippen LogP) is 1.69. The van der Waals surface area contributed by atoms with E-state index in [0.29, 0.717) is 24.5 Å². The van der Waals surface area contributed by atoms with Crippen molar-refractivity contribution in [2.24, 2.45) is 0 Å². The quantitative estimate of drug-likeness (QED) is 0.895. The second kappa shape index (κ2) is 6.92. The van der Waals surface area contributed by atoms with Gasteiger partial charge in [-0.1, -0.05) is 0 Å². The van der Waals surface area contributed by atoms with Gasteiger partial charge in [-0.2, -0.15) is 0 Å². The molecular formula is C17H19NO6. The second-order valence-electron chi connectivity index (χ2n) is 5.71. The van der Waals surface area contributed by atoms with Gasteiger partial charge in [-0.15, -0.1) is 0 Å². The highest BCUT2D eigenvalue weighted by molar-refractivity contribution is 5.88. The number of carbonyl (C=O) groups excluding carboxylic acids is 1. The third kappa shape index (κ3) is 3.35. The average Bonchev–Trinajstić information content (AvgIpc) is 2.96. The Kier molecular flexibility index (Phi) is 4.71. The van der Waals surface area contributed by atoms with Crippen molar-refractivity contribution in [2.45, 2.75) is 18.9 Å². The maximum Gasteiger partial charge on any atom is 0.305 e. The number of benzene rings is 1. The van der Waals surface area contributed by atoms with Crippen molar-refractivity contribution in [3.8, 4) is 5.75 Å². The Balaban J connectivity index is 1.77. The molecule has 2 aromatic rings. The minimum absolute atomic E-state index is 0.116. The number of carboxylic acids is 1. The summed E-state index contributed by atoms with van der Waals surface area (Å²) in [5.41, 5.74) is 1.43. The van der Waals surface area contributed by atoms with Crippen molar-refractivity contribution in [3.05, 3.63) is 30.0 Å². The summed E-state index contributed by atoms with van der Waals surface area (Å²) in [6, 6.07) is 5.01. The summed E-state index contributed by atoms with van der Waals surface area (Å²) in [6.45, 7) is 1.08. The van der Waals surface area contributed by atoms with Gasteiger partial charge in [0, 0.05) is 23.6 Å². The summed E-state index contributed by atoms with van der Waals surface area (Å²) in [6.07, 6.45) is 1.61. The van der Waals surface area contributed by atoms with Gasteiger partial charge in [-0.3, -0.25) is 9.59 Å². The summed E-state index contributed by atoms with van der Waals surface area (Å²) in [5, 5.41) is 9.85. The fraction of sp³-hybridized carbons (Fsp3) is 0.412. The number of aliphatic carboxylic acids is 1. The van der Waals surface area contributed by atoms with Gasteiger partial charge in [0.25, 0.3) is 0 Å². The largest absolute Gasteiger partial charge is 0.497 e. The third-order valence-electron chi connectivity index (χ3n) is 4.16. The van der Waals surface area contributed by atoms with E-state index in [1.807, 2.05) is 12.1 Å². The molecule has 1 amide bonds. The number of hydrogen-bond acceptors (Lipinski definition) is 5. The first kappa shape index (κ1) is 16.3. The minimum atomic E-state index is -0.941. The van der Waals surface area contributed by atoms with Crippen LogP contribution in [0.1, 0.15) is 12.0 Å². The van der Waals surface area contributed by atoms with Gasteiger partial charge < -0.3 is 23.9 Å². The van der Waals surface area contributed by atoms with Crippen LogP contribution in [0.15, 0.2) is 28.9 Å². The molecule has 0 spiro atoms. The highest BCUT2D eigenvalue weighted by Crippen LogP contribution is 2.26. The molecule has 3 rings (SSSR count). The third-order valence-corrected chi connectivity index (χ3v) is 4.16. The Morgan fingerprint density at radius 1 is 1.42 bits per heavy atom. The van der Waals surface area contributed by atoms with E-state index in [2.05, 4.69) is 0 Å². The Labute approximate surface area is 138 Å². The highest BCUT2D eigenvalue weighted by Gasteiger charge is 2.29. The number of carbonyl (C=O) groups is 2. The van der Waals surface area contributed by atoms with Crippen molar-refractivity contribution >= 4 is 22.8 Å². The Hall–Kier alpha value is -2.54. The van der Waals surface area contributed by atoms with Crippen LogP contribution in [0.5, 0.6) is 5.75 Å². The van der Waals surface area contributed by atoms with E-state index in [9.17, 15) is 9.59 Å². The Morgan fingerprint density at radius 2 is 2.25 bits per heavy atom. The summed E-state index contributed by atoms with van der Waals surface area (Å²) in [7, 11) is 1.58. The summed E-state index contributed by atoms with van der Waals surface area (Å²) < 4.78 is 16.0. The number of nitrogens with zero attached hydrogens (tertiary/aromatic N) is 1. The Morgan fingerprint density at radius 3 is 3.00 bits per heavy atom. The van der Waals surface area contributed by atoms with Crippen molar-refractivity contribution in [2.75, 3.05) is 26.9 Å². The van der Waals surface area contributed by atoms with Crippen molar-refractivity contribution in [1.29, 1.82) is 0 Å². The number of amides is 1. The molecular weight excluding hydrogens is 314 g/mol. The van der Waals surface area contributed by atoms with E-state index in [0.717, 1.165) is 10.9 Å². The van der Waals surface area contributed by atoms with Crippen molar-refractivity contribution in [3.63, 3.8) is 0 Å². The predicted molar refractivity (Wildman–Crippen MR) is 85.0 cm³/mol. The van der Waals surface area contributed by atoms with E-state index in [-0.39, 0.29) is 25.4 Å². The van der Waals surface area contributed by atoms with E-state index < -0.39 is 12.0 Å². The molecule has 0 saturated carbocycles. The fourth-order valence-electron chi connectivity index (χ4n) is 2.95. The van der Waals surface area contributed by atoms with Crippen LogP contribution < -0.4 is 4.74 Å². The first-order valence-corrected chi connectivity index (χ1v) is 7.71. The lowest BCUT2D eigenvalue weighted by atomic mass is 10.1. The SMILES string of the molecule is COc1ccc2c(CC(=O)N3CCOCC3CC(=O)O)coc2c1. The molecule has 1 aliphatic rings. The zero-order valence-corrected chi connectivity index (χ0v) is 13.4. The number of furan rings is 1. The van der Waals surface area contributed by atoms with Gasteiger partial charge in [0.05, 0.1) is 45.5 Å². The van der Waals surface area contributed by atoms with Crippen LogP contribution in [0.2, 0.25) is 0 Å². The molecule has 2 heterocycles. The molecule has 1 aromatic heterocycles. The summed E-state index contributed by atoms with van der Waals surface area (Å²) in [4.78, 5) is 25.2. The molecule has 1 fully saturated rings. The fourth-order valence-corrected chi connectivity index (χ4v) is 2.95. The first-order chi connectivity index (χ1) is 11.6. The van der Waals surface area contributed by atoms with Gasteiger partial charge in [0.15, 0.2) is 0 Å². The normalized spacial score (nSPS) is 17.9.